The maximum Gasteiger partial charge on any atom is 0.133 e. The summed E-state index contributed by atoms with van der Waals surface area (Å²) >= 11 is 0. The van der Waals surface area contributed by atoms with Crippen LogP contribution in [-0.2, 0) is 11.3 Å². The fourth-order valence-corrected chi connectivity index (χ4v) is 2.45. The molecular weight excluding hydrogens is 262 g/mol. The number of benzene rings is 1. The van der Waals surface area contributed by atoms with Crippen molar-refractivity contribution in [2.45, 2.75) is 19.9 Å². The maximum absolute atomic E-state index is 5.08. The molecule has 4 nitrogen and oxygen atoms in total. The molecule has 0 amide bonds. The van der Waals surface area contributed by atoms with Gasteiger partial charge < -0.3 is 15.0 Å². The average Bonchev–Trinajstić information content (AvgIpc) is 2.51. The van der Waals surface area contributed by atoms with Crippen molar-refractivity contribution in [2.24, 2.45) is 0 Å². The molecule has 1 heterocycles. The van der Waals surface area contributed by atoms with Gasteiger partial charge in [-0.3, -0.25) is 0 Å². The second-order valence-electron chi connectivity index (χ2n) is 5.25. The Labute approximate surface area is 127 Å². The van der Waals surface area contributed by atoms with Crippen molar-refractivity contribution < 1.29 is 4.74 Å². The fourth-order valence-electron chi connectivity index (χ4n) is 2.45. The first kappa shape index (κ1) is 15.7. The second-order valence-corrected chi connectivity index (χ2v) is 5.25. The number of fused-ring (bicyclic) bond motifs is 1. The maximum atomic E-state index is 5.08. The number of aromatic nitrogens is 1. The van der Waals surface area contributed by atoms with Gasteiger partial charge in [0.05, 0.1) is 12.1 Å². The van der Waals surface area contributed by atoms with E-state index in [2.05, 4.69) is 48.5 Å². The standard InChI is InChI=1S/C17H25N3O/c1-4-10-20(2)17-15(13-18-9-11-21-3)12-14-7-5-6-8-16(14)19-17/h5-8,12,18H,4,9-11,13H2,1-3H3. The molecule has 114 valence electrons. The summed E-state index contributed by atoms with van der Waals surface area (Å²) in [6.07, 6.45) is 1.11. The molecule has 1 aromatic heterocycles. The quantitative estimate of drug-likeness (QED) is 0.758. The molecule has 0 unspecified atom stereocenters. The van der Waals surface area contributed by atoms with E-state index in [1.54, 1.807) is 7.11 Å². The van der Waals surface area contributed by atoms with Gasteiger partial charge in [-0.15, -0.1) is 0 Å². The summed E-state index contributed by atoms with van der Waals surface area (Å²) in [5.41, 5.74) is 2.29. The molecule has 1 aromatic carbocycles. The van der Waals surface area contributed by atoms with Crippen LogP contribution in [0.1, 0.15) is 18.9 Å². The molecule has 0 saturated heterocycles. The van der Waals surface area contributed by atoms with Crippen molar-refractivity contribution >= 4 is 16.7 Å². The van der Waals surface area contributed by atoms with Gasteiger partial charge in [0.2, 0.25) is 0 Å². The molecule has 0 radical (unpaired) electrons. The monoisotopic (exact) mass is 287 g/mol. The van der Waals surface area contributed by atoms with E-state index in [-0.39, 0.29) is 0 Å². The van der Waals surface area contributed by atoms with Crippen molar-refractivity contribution in [2.75, 3.05) is 38.8 Å². The number of ether oxygens (including phenoxy) is 1. The molecule has 0 fully saturated rings. The largest absolute Gasteiger partial charge is 0.383 e. The Hall–Kier alpha value is -1.65. The van der Waals surface area contributed by atoms with Gasteiger partial charge in [0.15, 0.2) is 0 Å². The van der Waals surface area contributed by atoms with Gasteiger partial charge >= 0.3 is 0 Å². The molecule has 4 heteroatoms. The normalized spacial score (nSPS) is 11.0. The Bertz CT molecular complexity index is 571. The lowest BCUT2D eigenvalue weighted by Crippen LogP contribution is -2.24. The van der Waals surface area contributed by atoms with Crippen LogP contribution in [0.25, 0.3) is 10.9 Å². The van der Waals surface area contributed by atoms with Gasteiger partial charge in [0.1, 0.15) is 5.82 Å². The van der Waals surface area contributed by atoms with Gasteiger partial charge in [0.25, 0.3) is 0 Å². The summed E-state index contributed by atoms with van der Waals surface area (Å²) in [5.74, 6) is 1.07. The van der Waals surface area contributed by atoms with Crippen molar-refractivity contribution in [1.82, 2.24) is 10.3 Å². The SMILES string of the molecule is CCCN(C)c1nc2ccccc2cc1CNCCOC. The predicted molar refractivity (Wildman–Crippen MR) is 88.9 cm³/mol. The highest BCUT2D eigenvalue weighted by Crippen LogP contribution is 2.23. The molecule has 2 rings (SSSR count). The smallest absolute Gasteiger partial charge is 0.133 e. The van der Waals surface area contributed by atoms with E-state index in [1.165, 1.54) is 10.9 Å². The van der Waals surface area contributed by atoms with Crippen molar-refractivity contribution in [3.8, 4) is 0 Å². The third-order valence-electron chi connectivity index (χ3n) is 3.50. The van der Waals surface area contributed by atoms with Crippen LogP contribution in [0.5, 0.6) is 0 Å². The molecule has 0 atom stereocenters. The van der Waals surface area contributed by atoms with Crippen LogP contribution in [0.15, 0.2) is 30.3 Å². The number of methoxy groups -OCH3 is 1. The molecule has 0 aliphatic carbocycles. The number of rotatable bonds is 8. The molecule has 0 aliphatic heterocycles. The summed E-state index contributed by atoms with van der Waals surface area (Å²) in [6, 6.07) is 10.5. The van der Waals surface area contributed by atoms with E-state index in [1.807, 2.05) is 6.07 Å². The first-order valence-electron chi connectivity index (χ1n) is 7.55. The van der Waals surface area contributed by atoms with Gasteiger partial charge in [0, 0.05) is 44.7 Å². The third kappa shape index (κ3) is 4.16. The molecule has 0 saturated carbocycles. The van der Waals surface area contributed by atoms with Crippen LogP contribution in [0, 0.1) is 0 Å². The lowest BCUT2D eigenvalue weighted by Gasteiger charge is -2.21. The summed E-state index contributed by atoms with van der Waals surface area (Å²) in [6.45, 7) is 5.58. The molecule has 0 aliphatic rings. The number of pyridine rings is 1. The average molecular weight is 287 g/mol. The highest BCUT2D eigenvalue weighted by molar-refractivity contribution is 5.81. The number of hydrogen-bond donors (Lipinski definition) is 1. The van der Waals surface area contributed by atoms with Gasteiger partial charge in [-0.1, -0.05) is 25.1 Å². The third-order valence-corrected chi connectivity index (χ3v) is 3.50. The topological polar surface area (TPSA) is 37.4 Å². The van der Waals surface area contributed by atoms with E-state index in [9.17, 15) is 0 Å². The minimum absolute atomic E-state index is 0.723. The number of hydrogen-bond acceptors (Lipinski definition) is 4. The van der Waals surface area contributed by atoms with Crippen LogP contribution in [0.2, 0.25) is 0 Å². The van der Waals surface area contributed by atoms with E-state index < -0.39 is 0 Å². The summed E-state index contributed by atoms with van der Waals surface area (Å²) in [7, 11) is 3.83. The molecule has 2 aromatic rings. The number of anilines is 1. The first-order valence-corrected chi connectivity index (χ1v) is 7.55. The fraction of sp³-hybridized carbons (Fsp3) is 0.471. The summed E-state index contributed by atoms with van der Waals surface area (Å²) < 4.78 is 5.08. The van der Waals surface area contributed by atoms with E-state index in [0.717, 1.165) is 44.0 Å². The van der Waals surface area contributed by atoms with E-state index >= 15 is 0 Å². The molecule has 0 spiro atoms. The summed E-state index contributed by atoms with van der Waals surface area (Å²) in [5, 5.41) is 4.60. The lowest BCUT2D eigenvalue weighted by atomic mass is 10.1. The van der Waals surface area contributed by atoms with Crippen molar-refractivity contribution in [3.05, 3.63) is 35.9 Å². The molecule has 0 bridgehead atoms. The highest BCUT2D eigenvalue weighted by atomic mass is 16.5. The van der Waals surface area contributed by atoms with Crippen LogP contribution in [0.3, 0.4) is 0 Å². The number of para-hydroxylation sites is 1. The molecule has 1 N–H and O–H groups in total. The first-order chi connectivity index (χ1) is 10.3. The van der Waals surface area contributed by atoms with Crippen molar-refractivity contribution in [3.63, 3.8) is 0 Å². The lowest BCUT2D eigenvalue weighted by molar-refractivity contribution is 0.199. The van der Waals surface area contributed by atoms with Crippen LogP contribution < -0.4 is 10.2 Å². The molecular formula is C17H25N3O. The Balaban J connectivity index is 2.27. The Morgan fingerprint density at radius 2 is 2.10 bits per heavy atom. The van der Waals surface area contributed by atoms with E-state index in [4.69, 9.17) is 9.72 Å². The minimum atomic E-state index is 0.723. The highest BCUT2D eigenvalue weighted by Gasteiger charge is 2.10. The van der Waals surface area contributed by atoms with Gasteiger partial charge in [-0.2, -0.15) is 0 Å². The zero-order chi connectivity index (χ0) is 15.1. The van der Waals surface area contributed by atoms with Gasteiger partial charge in [-0.25, -0.2) is 4.98 Å². The zero-order valence-corrected chi connectivity index (χ0v) is 13.2. The van der Waals surface area contributed by atoms with Crippen molar-refractivity contribution in [1.29, 1.82) is 0 Å². The Morgan fingerprint density at radius 1 is 1.29 bits per heavy atom. The summed E-state index contributed by atoms with van der Waals surface area (Å²) in [4.78, 5) is 7.08. The van der Waals surface area contributed by atoms with E-state index in [0.29, 0.717) is 0 Å². The van der Waals surface area contributed by atoms with Gasteiger partial charge in [-0.05, 0) is 18.6 Å². The minimum Gasteiger partial charge on any atom is -0.383 e. The Morgan fingerprint density at radius 3 is 2.86 bits per heavy atom. The van der Waals surface area contributed by atoms with Crippen LogP contribution in [0.4, 0.5) is 5.82 Å². The van der Waals surface area contributed by atoms with Crippen LogP contribution in [-0.4, -0.2) is 38.8 Å². The number of nitrogens with zero attached hydrogens (tertiary/aromatic N) is 2. The Kier molecular flexibility index (Phi) is 5.96. The zero-order valence-electron chi connectivity index (χ0n) is 13.2. The second kappa shape index (κ2) is 7.96. The van der Waals surface area contributed by atoms with Crippen LogP contribution >= 0.6 is 0 Å². The predicted octanol–water partition coefficient (Wildman–Crippen LogP) is 2.82. The number of nitrogens with one attached hydrogen (secondary N) is 1. The molecule has 21 heavy (non-hydrogen) atoms.